The van der Waals surface area contributed by atoms with E-state index in [0.717, 1.165) is 12.6 Å². The van der Waals surface area contributed by atoms with Crippen molar-refractivity contribution in [2.45, 2.75) is 57.5 Å². The number of rotatable bonds is 2. The van der Waals surface area contributed by atoms with E-state index in [9.17, 15) is 0 Å². The largest absolute Gasteiger partial charge is 0.328 e. The molecular weight excluding hydrogens is 198 g/mol. The first kappa shape index (κ1) is 10.3. The van der Waals surface area contributed by atoms with E-state index in [2.05, 4.69) is 21.8 Å². The highest BCUT2D eigenvalue weighted by Crippen LogP contribution is 2.36. The SMILES string of the molecule is Cc1cnc(C2CCCCN2)n1C1CCC1. The molecule has 0 aromatic carbocycles. The molecule has 1 aromatic rings. The molecule has 1 saturated carbocycles. The lowest BCUT2D eigenvalue weighted by atomic mass is 9.92. The Morgan fingerprint density at radius 3 is 2.75 bits per heavy atom. The van der Waals surface area contributed by atoms with Gasteiger partial charge in [0, 0.05) is 17.9 Å². The fourth-order valence-corrected chi connectivity index (χ4v) is 2.91. The van der Waals surface area contributed by atoms with Crippen molar-refractivity contribution in [1.82, 2.24) is 14.9 Å². The number of piperidine rings is 1. The van der Waals surface area contributed by atoms with Gasteiger partial charge in [-0.1, -0.05) is 6.42 Å². The van der Waals surface area contributed by atoms with Gasteiger partial charge >= 0.3 is 0 Å². The minimum Gasteiger partial charge on any atom is -0.328 e. The molecule has 1 aromatic heterocycles. The van der Waals surface area contributed by atoms with Crippen LogP contribution in [-0.2, 0) is 0 Å². The van der Waals surface area contributed by atoms with Crippen LogP contribution in [0.25, 0.3) is 0 Å². The zero-order chi connectivity index (χ0) is 11.0. The Kier molecular flexibility index (Phi) is 2.72. The van der Waals surface area contributed by atoms with Gasteiger partial charge in [-0.05, 0) is 45.6 Å². The van der Waals surface area contributed by atoms with Gasteiger partial charge in [0.2, 0.25) is 0 Å². The van der Waals surface area contributed by atoms with Crippen molar-refractivity contribution in [2.24, 2.45) is 0 Å². The highest BCUT2D eigenvalue weighted by molar-refractivity contribution is 5.11. The Labute approximate surface area is 97.3 Å². The molecule has 0 amide bonds. The quantitative estimate of drug-likeness (QED) is 0.829. The Balaban J connectivity index is 1.87. The van der Waals surface area contributed by atoms with Crippen molar-refractivity contribution in [3.05, 3.63) is 17.7 Å². The van der Waals surface area contributed by atoms with Crippen LogP contribution in [0.3, 0.4) is 0 Å². The number of aromatic nitrogens is 2. The van der Waals surface area contributed by atoms with Crippen molar-refractivity contribution in [2.75, 3.05) is 6.54 Å². The van der Waals surface area contributed by atoms with E-state index in [0.29, 0.717) is 6.04 Å². The van der Waals surface area contributed by atoms with E-state index < -0.39 is 0 Å². The molecule has 1 aliphatic carbocycles. The number of aryl methyl sites for hydroxylation is 1. The standard InChI is InChI=1S/C13H21N3/c1-10-9-15-13(12-7-2-3-8-14-12)16(10)11-5-4-6-11/h9,11-12,14H,2-8H2,1H3. The average Bonchev–Trinajstić information content (AvgIpc) is 2.60. The molecular formula is C13H21N3. The van der Waals surface area contributed by atoms with E-state index in [1.165, 1.54) is 50.0 Å². The smallest absolute Gasteiger partial charge is 0.126 e. The van der Waals surface area contributed by atoms with Crippen LogP contribution in [-0.4, -0.2) is 16.1 Å². The maximum Gasteiger partial charge on any atom is 0.126 e. The van der Waals surface area contributed by atoms with Gasteiger partial charge in [-0.2, -0.15) is 0 Å². The van der Waals surface area contributed by atoms with Crippen LogP contribution >= 0.6 is 0 Å². The molecule has 1 saturated heterocycles. The topological polar surface area (TPSA) is 29.9 Å². The molecule has 2 aliphatic rings. The lowest BCUT2D eigenvalue weighted by Crippen LogP contribution is -2.31. The van der Waals surface area contributed by atoms with Crippen LogP contribution in [0.15, 0.2) is 6.20 Å². The molecule has 0 spiro atoms. The van der Waals surface area contributed by atoms with Crippen LogP contribution in [0.4, 0.5) is 0 Å². The minimum atomic E-state index is 0.503. The molecule has 16 heavy (non-hydrogen) atoms. The van der Waals surface area contributed by atoms with Crippen molar-refractivity contribution in [3.63, 3.8) is 0 Å². The Morgan fingerprint density at radius 2 is 2.12 bits per heavy atom. The molecule has 1 unspecified atom stereocenters. The van der Waals surface area contributed by atoms with Gasteiger partial charge in [-0.25, -0.2) is 4.98 Å². The second kappa shape index (κ2) is 4.21. The molecule has 0 bridgehead atoms. The van der Waals surface area contributed by atoms with Gasteiger partial charge in [0.15, 0.2) is 0 Å². The fourth-order valence-electron chi connectivity index (χ4n) is 2.91. The zero-order valence-corrected chi connectivity index (χ0v) is 10.1. The van der Waals surface area contributed by atoms with Crippen LogP contribution in [0.5, 0.6) is 0 Å². The molecule has 2 fully saturated rings. The predicted molar refractivity (Wildman–Crippen MR) is 64.4 cm³/mol. The molecule has 1 N–H and O–H groups in total. The summed E-state index contributed by atoms with van der Waals surface area (Å²) >= 11 is 0. The van der Waals surface area contributed by atoms with Crippen LogP contribution in [0.1, 0.15) is 62.1 Å². The highest BCUT2D eigenvalue weighted by atomic mass is 15.2. The summed E-state index contributed by atoms with van der Waals surface area (Å²) in [6, 6.07) is 1.24. The maximum absolute atomic E-state index is 4.64. The number of hydrogen-bond acceptors (Lipinski definition) is 2. The summed E-state index contributed by atoms with van der Waals surface area (Å²) < 4.78 is 2.49. The summed E-state index contributed by atoms with van der Waals surface area (Å²) in [6.45, 7) is 3.35. The molecule has 2 heterocycles. The van der Waals surface area contributed by atoms with Gasteiger partial charge in [0.05, 0.1) is 6.04 Å². The number of imidazole rings is 1. The Morgan fingerprint density at radius 1 is 1.25 bits per heavy atom. The van der Waals surface area contributed by atoms with Crippen molar-refractivity contribution >= 4 is 0 Å². The van der Waals surface area contributed by atoms with Crippen LogP contribution in [0, 0.1) is 6.92 Å². The lowest BCUT2D eigenvalue weighted by Gasteiger charge is -2.32. The van der Waals surface area contributed by atoms with Crippen molar-refractivity contribution in [1.29, 1.82) is 0 Å². The molecule has 0 radical (unpaired) electrons. The summed E-state index contributed by atoms with van der Waals surface area (Å²) in [6.07, 6.45) is 10.0. The second-order valence-corrected chi connectivity index (χ2v) is 5.22. The van der Waals surface area contributed by atoms with Gasteiger partial charge in [-0.15, -0.1) is 0 Å². The highest BCUT2D eigenvalue weighted by Gasteiger charge is 2.27. The van der Waals surface area contributed by atoms with E-state index in [1.807, 2.05) is 6.20 Å². The number of nitrogens with one attached hydrogen (secondary N) is 1. The predicted octanol–water partition coefficient (Wildman–Crippen LogP) is 2.73. The maximum atomic E-state index is 4.64. The average molecular weight is 219 g/mol. The van der Waals surface area contributed by atoms with Gasteiger partial charge in [-0.3, -0.25) is 0 Å². The lowest BCUT2D eigenvalue weighted by molar-refractivity contribution is 0.284. The monoisotopic (exact) mass is 219 g/mol. The first-order chi connectivity index (χ1) is 7.86. The zero-order valence-electron chi connectivity index (χ0n) is 10.1. The van der Waals surface area contributed by atoms with E-state index in [4.69, 9.17) is 0 Å². The summed E-state index contributed by atoms with van der Waals surface area (Å²) in [7, 11) is 0. The van der Waals surface area contributed by atoms with Gasteiger partial charge in [0.1, 0.15) is 5.82 Å². The molecule has 3 nitrogen and oxygen atoms in total. The van der Waals surface area contributed by atoms with E-state index >= 15 is 0 Å². The van der Waals surface area contributed by atoms with Crippen molar-refractivity contribution in [3.8, 4) is 0 Å². The molecule has 3 heteroatoms. The van der Waals surface area contributed by atoms with Crippen LogP contribution < -0.4 is 5.32 Å². The third-order valence-electron chi connectivity index (χ3n) is 4.07. The molecule has 1 atom stereocenters. The van der Waals surface area contributed by atoms with Gasteiger partial charge < -0.3 is 9.88 Å². The molecule has 3 rings (SSSR count). The first-order valence-electron chi connectivity index (χ1n) is 6.63. The number of hydrogen-bond donors (Lipinski definition) is 1. The summed E-state index contributed by atoms with van der Waals surface area (Å²) in [5.74, 6) is 1.29. The van der Waals surface area contributed by atoms with E-state index in [1.54, 1.807) is 0 Å². The Hall–Kier alpha value is -0.830. The molecule has 88 valence electrons. The third-order valence-corrected chi connectivity index (χ3v) is 4.07. The number of nitrogens with zero attached hydrogens (tertiary/aromatic N) is 2. The summed E-state index contributed by atoms with van der Waals surface area (Å²) in [5.41, 5.74) is 1.34. The fraction of sp³-hybridized carbons (Fsp3) is 0.769. The second-order valence-electron chi connectivity index (χ2n) is 5.22. The normalized spacial score (nSPS) is 26.7. The van der Waals surface area contributed by atoms with Crippen LogP contribution in [0.2, 0.25) is 0 Å². The summed E-state index contributed by atoms with van der Waals surface area (Å²) in [5, 5.41) is 3.61. The Bertz CT molecular complexity index is 359. The van der Waals surface area contributed by atoms with Gasteiger partial charge in [0.25, 0.3) is 0 Å². The first-order valence-corrected chi connectivity index (χ1v) is 6.63. The summed E-state index contributed by atoms with van der Waals surface area (Å²) in [4.78, 5) is 4.64. The van der Waals surface area contributed by atoms with Crippen molar-refractivity contribution < 1.29 is 0 Å². The van der Waals surface area contributed by atoms with E-state index in [-0.39, 0.29) is 0 Å². The minimum absolute atomic E-state index is 0.503. The third kappa shape index (κ3) is 1.67. The molecule has 1 aliphatic heterocycles.